The zero-order chi connectivity index (χ0) is 17.8. The number of hydrogen-bond donors (Lipinski definition) is 0. The van der Waals surface area contributed by atoms with Crippen molar-refractivity contribution < 1.29 is 4.79 Å². The average Bonchev–Trinajstić information content (AvgIpc) is 3.24. The second-order valence-corrected chi connectivity index (χ2v) is 8.12. The molecule has 0 spiro atoms. The normalized spacial score (nSPS) is 22.9. The predicted octanol–water partition coefficient (Wildman–Crippen LogP) is 1.65. The van der Waals surface area contributed by atoms with Gasteiger partial charge < -0.3 is 4.57 Å². The summed E-state index contributed by atoms with van der Waals surface area (Å²) in [6.07, 6.45) is 3.51. The van der Waals surface area contributed by atoms with E-state index in [1.807, 2.05) is 31.3 Å². The van der Waals surface area contributed by atoms with Gasteiger partial charge >= 0.3 is 0 Å². The molecule has 0 radical (unpaired) electrons. The Bertz CT molecular complexity index is 1080. The van der Waals surface area contributed by atoms with E-state index in [9.17, 15) is 4.79 Å². The number of nitrogens with zero attached hydrogens (tertiary/aromatic N) is 6. The molecule has 1 amide bonds. The first kappa shape index (κ1) is 15.9. The number of amides is 1. The van der Waals surface area contributed by atoms with Crippen LogP contribution in [0.3, 0.4) is 0 Å². The number of fused-ring (bicyclic) bond motifs is 5. The highest BCUT2D eigenvalue weighted by Crippen LogP contribution is 2.43. The molecule has 1 aromatic carbocycles. The SMILES string of the molecule is CN1C2CCC1c1sc(=NC(=O)Cn3nnc4ccccc43)n(C)c1C2. The van der Waals surface area contributed by atoms with Crippen LogP contribution in [-0.4, -0.2) is 43.5 Å². The van der Waals surface area contributed by atoms with Gasteiger partial charge in [-0.05, 0) is 32.0 Å². The Morgan fingerprint density at radius 3 is 3.04 bits per heavy atom. The van der Waals surface area contributed by atoms with Crippen molar-refractivity contribution in [2.24, 2.45) is 12.0 Å². The lowest BCUT2D eigenvalue weighted by atomic mass is 10.1. The fraction of sp³-hybridized carbons (Fsp3) is 0.444. The summed E-state index contributed by atoms with van der Waals surface area (Å²) in [6.45, 7) is 0.106. The Morgan fingerprint density at radius 1 is 1.31 bits per heavy atom. The van der Waals surface area contributed by atoms with Crippen LogP contribution < -0.4 is 4.80 Å². The highest BCUT2D eigenvalue weighted by atomic mass is 32.1. The summed E-state index contributed by atoms with van der Waals surface area (Å²) in [5, 5.41) is 8.18. The van der Waals surface area contributed by atoms with Crippen molar-refractivity contribution >= 4 is 28.3 Å². The van der Waals surface area contributed by atoms with Crippen molar-refractivity contribution in [3.63, 3.8) is 0 Å². The van der Waals surface area contributed by atoms with E-state index >= 15 is 0 Å². The molecule has 2 unspecified atom stereocenters. The Kier molecular flexibility index (Phi) is 3.58. The standard InChI is InChI=1S/C18H20N6OS/c1-22-11-7-8-14(22)17-15(9-11)23(2)18(26-17)19-16(25)10-24-13-6-4-3-5-12(13)20-21-24/h3-6,11,14H,7-10H2,1-2H3. The summed E-state index contributed by atoms with van der Waals surface area (Å²) in [7, 11) is 4.24. The molecule has 26 heavy (non-hydrogen) atoms. The van der Waals surface area contributed by atoms with E-state index in [0.717, 1.165) is 22.3 Å². The van der Waals surface area contributed by atoms with E-state index in [4.69, 9.17) is 0 Å². The van der Waals surface area contributed by atoms with Gasteiger partial charge in [-0.2, -0.15) is 4.99 Å². The lowest BCUT2D eigenvalue weighted by molar-refractivity contribution is -0.118. The average molecular weight is 368 g/mol. The number of likely N-dealkylation sites (N-methyl/N-ethyl adjacent to an activating group) is 1. The highest BCUT2D eigenvalue weighted by Gasteiger charge is 2.39. The van der Waals surface area contributed by atoms with Gasteiger partial charge in [-0.25, -0.2) is 4.68 Å². The number of aromatic nitrogens is 4. The minimum atomic E-state index is -0.201. The van der Waals surface area contributed by atoms with Gasteiger partial charge in [0.15, 0.2) is 4.80 Å². The molecule has 5 rings (SSSR count). The summed E-state index contributed by atoms with van der Waals surface area (Å²) in [5.41, 5.74) is 2.99. The topological polar surface area (TPSA) is 68.3 Å². The maximum Gasteiger partial charge on any atom is 0.270 e. The number of thiazole rings is 1. The Morgan fingerprint density at radius 2 is 2.15 bits per heavy atom. The lowest BCUT2D eigenvalue weighted by Gasteiger charge is -2.30. The molecule has 2 aliphatic rings. The fourth-order valence-corrected chi connectivity index (χ4v) is 5.55. The maximum atomic E-state index is 12.5. The lowest BCUT2D eigenvalue weighted by Crippen LogP contribution is -2.34. The highest BCUT2D eigenvalue weighted by molar-refractivity contribution is 7.09. The van der Waals surface area contributed by atoms with Crippen LogP contribution in [0.4, 0.5) is 0 Å². The quantitative estimate of drug-likeness (QED) is 0.690. The minimum absolute atomic E-state index is 0.106. The third kappa shape index (κ3) is 2.36. The monoisotopic (exact) mass is 368 g/mol. The summed E-state index contributed by atoms with van der Waals surface area (Å²) >= 11 is 1.66. The van der Waals surface area contributed by atoms with Gasteiger partial charge in [0.2, 0.25) is 0 Å². The summed E-state index contributed by atoms with van der Waals surface area (Å²) in [4.78, 5) is 21.6. The molecular formula is C18H20N6OS. The maximum absolute atomic E-state index is 12.5. The van der Waals surface area contributed by atoms with Gasteiger partial charge in [-0.3, -0.25) is 9.69 Å². The minimum Gasteiger partial charge on any atom is -0.323 e. The third-order valence-electron chi connectivity index (χ3n) is 5.68. The number of carbonyl (C=O) groups is 1. The molecule has 2 atom stereocenters. The van der Waals surface area contributed by atoms with Crippen molar-refractivity contribution in [2.45, 2.75) is 37.9 Å². The number of hydrogen-bond acceptors (Lipinski definition) is 5. The molecule has 2 aromatic heterocycles. The molecule has 7 nitrogen and oxygen atoms in total. The third-order valence-corrected chi connectivity index (χ3v) is 6.95. The van der Waals surface area contributed by atoms with Crippen LogP contribution in [0, 0.1) is 0 Å². The van der Waals surface area contributed by atoms with E-state index in [1.54, 1.807) is 16.0 Å². The van der Waals surface area contributed by atoms with Crippen LogP contribution in [0.15, 0.2) is 29.3 Å². The zero-order valence-electron chi connectivity index (χ0n) is 14.8. The Balaban J connectivity index is 1.47. The van der Waals surface area contributed by atoms with E-state index in [0.29, 0.717) is 12.1 Å². The predicted molar refractivity (Wildman–Crippen MR) is 98.6 cm³/mol. The van der Waals surface area contributed by atoms with Crippen molar-refractivity contribution in [3.8, 4) is 0 Å². The van der Waals surface area contributed by atoms with Crippen molar-refractivity contribution in [1.82, 2.24) is 24.5 Å². The van der Waals surface area contributed by atoms with E-state index < -0.39 is 0 Å². The summed E-state index contributed by atoms with van der Waals surface area (Å²) in [6, 6.07) is 8.74. The van der Waals surface area contributed by atoms with Crippen LogP contribution in [0.5, 0.6) is 0 Å². The molecule has 3 aromatic rings. The fourth-order valence-electron chi connectivity index (χ4n) is 4.20. The Labute approximate surface area is 154 Å². The molecular weight excluding hydrogens is 348 g/mol. The molecule has 1 saturated heterocycles. The number of benzene rings is 1. The zero-order valence-corrected chi connectivity index (χ0v) is 15.6. The van der Waals surface area contributed by atoms with Gasteiger partial charge in [-0.1, -0.05) is 28.7 Å². The van der Waals surface area contributed by atoms with Gasteiger partial charge in [0, 0.05) is 36.1 Å². The van der Waals surface area contributed by atoms with Gasteiger partial charge in [0.05, 0.1) is 5.52 Å². The number of carbonyl (C=O) groups excluding carboxylic acids is 1. The molecule has 4 heterocycles. The second-order valence-electron chi connectivity index (χ2n) is 7.11. The van der Waals surface area contributed by atoms with Gasteiger partial charge in [-0.15, -0.1) is 5.10 Å². The first-order valence-electron chi connectivity index (χ1n) is 8.88. The van der Waals surface area contributed by atoms with E-state index in [2.05, 4.69) is 31.8 Å². The van der Waals surface area contributed by atoms with E-state index in [1.165, 1.54) is 23.4 Å². The summed E-state index contributed by atoms with van der Waals surface area (Å²) < 4.78 is 3.72. The molecule has 0 aliphatic carbocycles. The number of para-hydroxylation sites is 1. The molecule has 2 aliphatic heterocycles. The largest absolute Gasteiger partial charge is 0.323 e. The van der Waals surface area contributed by atoms with Gasteiger partial charge in [0.1, 0.15) is 12.1 Å². The molecule has 0 saturated carbocycles. The van der Waals surface area contributed by atoms with Crippen LogP contribution >= 0.6 is 11.3 Å². The number of rotatable bonds is 2. The van der Waals surface area contributed by atoms with Crippen LogP contribution in [0.2, 0.25) is 0 Å². The van der Waals surface area contributed by atoms with E-state index in [-0.39, 0.29) is 12.5 Å². The van der Waals surface area contributed by atoms with Crippen LogP contribution in [0.1, 0.15) is 29.5 Å². The first-order chi connectivity index (χ1) is 12.6. The molecule has 0 N–H and O–H groups in total. The molecule has 2 bridgehead atoms. The van der Waals surface area contributed by atoms with Gasteiger partial charge in [0.25, 0.3) is 5.91 Å². The smallest absolute Gasteiger partial charge is 0.270 e. The molecule has 134 valence electrons. The Hall–Kier alpha value is -2.32. The van der Waals surface area contributed by atoms with Crippen LogP contribution in [-0.2, 0) is 24.8 Å². The first-order valence-corrected chi connectivity index (χ1v) is 9.70. The molecule has 8 heteroatoms. The van der Waals surface area contributed by atoms with Crippen molar-refractivity contribution in [2.75, 3.05) is 7.05 Å². The summed E-state index contributed by atoms with van der Waals surface area (Å²) in [5.74, 6) is -0.201. The van der Waals surface area contributed by atoms with Crippen molar-refractivity contribution in [3.05, 3.63) is 39.6 Å². The second kappa shape index (κ2) is 5.85. The van der Waals surface area contributed by atoms with Crippen LogP contribution in [0.25, 0.3) is 11.0 Å². The van der Waals surface area contributed by atoms with Crippen molar-refractivity contribution in [1.29, 1.82) is 0 Å². The molecule has 1 fully saturated rings.